The molecule has 1 saturated heterocycles. The van der Waals surface area contributed by atoms with Crippen LogP contribution in [0.25, 0.3) is 0 Å². The first-order valence-corrected chi connectivity index (χ1v) is 9.21. The van der Waals surface area contributed by atoms with E-state index in [1.807, 2.05) is 30.3 Å². The summed E-state index contributed by atoms with van der Waals surface area (Å²) in [5.74, 6) is -0.0884. The van der Waals surface area contributed by atoms with Crippen LogP contribution in [0.5, 0.6) is 0 Å². The van der Waals surface area contributed by atoms with E-state index < -0.39 is 11.6 Å². The third-order valence-corrected chi connectivity index (χ3v) is 5.19. The van der Waals surface area contributed by atoms with Crippen molar-refractivity contribution in [3.8, 4) is 0 Å². The Bertz CT molecular complexity index is 597. The third-order valence-electron chi connectivity index (χ3n) is 5.19. The Morgan fingerprint density at radius 1 is 1.16 bits per heavy atom. The van der Waals surface area contributed by atoms with Crippen LogP contribution < -0.4 is 15.5 Å². The molecule has 3 rings (SSSR count). The normalized spacial score (nSPS) is 23.2. The molecule has 25 heavy (non-hydrogen) atoms. The van der Waals surface area contributed by atoms with Crippen molar-refractivity contribution in [3.63, 3.8) is 0 Å². The van der Waals surface area contributed by atoms with Crippen molar-refractivity contribution in [2.75, 3.05) is 18.0 Å². The Kier molecular flexibility index (Phi) is 5.58. The fourth-order valence-corrected chi connectivity index (χ4v) is 3.70. The topological polar surface area (TPSA) is 81.7 Å². The number of amides is 3. The highest BCUT2D eigenvalue weighted by Crippen LogP contribution is 2.26. The SMILES string of the molecule is O=C(NCC1(O)CCCCCC1)NC1CCN(c2ccccc2)C1=O. The molecule has 1 saturated carbocycles. The van der Waals surface area contributed by atoms with Gasteiger partial charge in [-0.2, -0.15) is 0 Å². The van der Waals surface area contributed by atoms with E-state index in [4.69, 9.17) is 0 Å². The maximum Gasteiger partial charge on any atom is 0.315 e. The number of hydrogen-bond acceptors (Lipinski definition) is 3. The van der Waals surface area contributed by atoms with Gasteiger partial charge in [0.05, 0.1) is 5.60 Å². The average molecular weight is 345 g/mol. The van der Waals surface area contributed by atoms with E-state index in [1.54, 1.807) is 4.90 Å². The Hall–Kier alpha value is -2.08. The van der Waals surface area contributed by atoms with Gasteiger partial charge >= 0.3 is 6.03 Å². The second kappa shape index (κ2) is 7.87. The first kappa shape index (κ1) is 17.7. The number of para-hydroxylation sites is 1. The summed E-state index contributed by atoms with van der Waals surface area (Å²) in [7, 11) is 0. The number of benzene rings is 1. The van der Waals surface area contributed by atoms with Gasteiger partial charge in [0, 0.05) is 18.8 Å². The van der Waals surface area contributed by atoms with Crippen molar-refractivity contribution in [3.05, 3.63) is 30.3 Å². The molecule has 1 atom stereocenters. The fraction of sp³-hybridized carbons (Fsp3) is 0.579. The molecular formula is C19H27N3O3. The van der Waals surface area contributed by atoms with E-state index in [0.29, 0.717) is 13.0 Å². The molecule has 1 unspecified atom stereocenters. The average Bonchev–Trinajstić information content (AvgIpc) is 2.83. The standard InChI is InChI=1S/C19H27N3O3/c23-17-16(10-13-22(17)15-8-4-3-5-9-15)21-18(24)20-14-19(25)11-6-1-2-7-12-19/h3-5,8-9,16,25H,1-2,6-7,10-14H2,(H2,20,21,24). The lowest BCUT2D eigenvalue weighted by atomic mass is 9.94. The molecule has 0 bridgehead atoms. The van der Waals surface area contributed by atoms with E-state index in [1.165, 1.54) is 0 Å². The van der Waals surface area contributed by atoms with Gasteiger partial charge < -0.3 is 20.6 Å². The summed E-state index contributed by atoms with van der Waals surface area (Å²) in [5, 5.41) is 16.1. The highest BCUT2D eigenvalue weighted by molar-refractivity contribution is 6.01. The number of carbonyl (C=O) groups excluding carboxylic acids is 2. The molecule has 0 aromatic heterocycles. The van der Waals surface area contributed by atoms with Crippen LogP contribution in [0, 0.1) is 0 Å². The van der Waals surface area contributed by atoms with Crippen molar-refractivity contribution in [1.82, 2.24) is 10.6 Å². The van der Waals surface area contributed by atoms with Crippen LogP contribution in [0.15, 0.2) is 30.3 Å². The summed E-state index contributed by atoms with van der Waals surface area (Å²) >= 11 is 0. The molecule has 1 aromatic rings. The number of anilines is 1. The lowest BCUT2D eigenvalue weighted by Gasteiger charge is -2.27. The minimum atomic E-state index is -0.816. The summed E-state index contributed by atoms with van der Waals surface area (Å²) in [6.45, 7) is 0.833. The van der Waals surface area contributed by atoms with Crippen LogP contribution >= 0.6 is 0 Å². The number of urea groups is 1. The summed E-state index contributed by atoms with van der Waals surface area (Å²) < 4.78 is 0. The van der Waals surface area contributed by atoms with Gasteiger partial charge in [0.1, 0.15) is 6.04 Å². The zero-order valence-corrected chi connectivity index (χ0v) is 14.5. The first-order valence-electron chi connectivity index (χ1n) is 9.21. The van der Waals surface area contributed by atoms with Crippen molar-refractivity contribution in [2.45, 2.75) is 56.6 Å². The Labute approximate surface area is 148 Å². The summed E-state index contributed by atoms with van der Waals surface area (Å²) in [6, 6.07) is 8.58. The largest absolute Gasteiger partial charge is 0.388 e. The van der Waals surface area contributed by atoms with Gasteiger partial charge in [-0.15, -0.1) is 0 Å². The highest BCUT2D eigenvalue weighted by atomic mass is 16.3. The van der Waals surface area contributed by atoms with Gasteiger partial charge in [0.25, 0.3) is 0 Å². The lowest BCUT2D eigenvalue weighted by Crippen LogP contribution is -2.50. The molecule has 1 aromatic carbocycles. The van der Waals surface area contributed by atoms with Crippen molar-refractivity contribution in [2.24, 2.45) is 0 Å². The van der Waals surface area contributed by atoms with Crippen LogP contribution in [0.2, 0.25) is 0 Å². The number of nitrogens with one attached hydrogen (secondary N) is 2. The molecule has 1 heterocycles. The minimum absolute atomic E-state index is 0.0884. The summed E-state index contributed by atoms with van der Waals surface area (Å²) in [4.78, 5) is 26.3. The van der Waals surface area contributed by atoms with Crippen LogP contribution in [0.4, 0.5) is 10.5 Å². The van der Waals surface area contributed by atoms with E-state index in [0.717, 1.165) is 44.2 Å². The molecule has 6 nitrogen and oxygen atoms in total. The maximum atomic E-state index is 12.5. The van der Waals surface area contributed by atoms with E-state index in [-0.39, 0.29) is 18.5 Å². The molecule has 2 fully saturated rings. The molecular weight excluding hydrogens is 318 g/mol. The Morgan fingerprint density at radius 2 is 1.84 bits per heavy atom. The summed E-state index contributed by atoms with van der Waals surface area (Å²) in [5.41, 5.74) is 0.0360. The summed E-state index contributed by atoms with van der Waals surface area (Å²) in [6.07, 6.45) is 6.29. The van der Waals surface area contributed by atoms with Crippen LogP contribution in [-0.4, -0.2) is 41.8 Å². The van der Waals surface area contributed by atoms with Gasteiger partial charge in [-0.05, 0) is 31.4 Å². The monoisotopic (exact) mass is 345 g/mol. The number of carbonyl (C=O) groups is 2. The van der Waals surface area contributed by atoms with Crippen molar-refractivity contribution in [1.29, 1.82) is 0 Å². The fourth-order valence-electron chi connectivity index (χ4n) is 3.70. The minimum Gasteiger partial charge on any atom is -0.388 e. The quantitative estimate of drug-likeness (QED) is 0.732. The highest BCUT2D eigenvalue weighted by Gasteiger charge is 2.34. The van der Waals surface area contributed by atoms with E-state index >= 15 is 0 Å². The molecule has 3 N–H and O–H groups in total. The number of nitrogens with zero attached hydrogens (tertiary/aromatic N) is 1. The second-order valence-corrected chi connectivity index (χ2v) is 7.13. The zero-order chi connectivity index (χ0) is 17.7. The van der Waals surface area contributed by atoms with E-state index in [9.17, 15) is 14.7 Å². The Balaban J connectivity index is 1.49. The van der Waals surface area contributed by atoms with Gasteiger partial charge in [-0.25, -0.2) is 4.79 Å². The first-order chi connectivity index (χ1) is 12.1. The molecule has 3 amide bonds. The van der Waals surface area contributed by atoms with Gasteiger partial charge in [-0.1, -0.05) is 43.9 Å². The molecule has 1 aliphatic carbocycles. The van der Waals surface area contributed by atoms with Crippen LogP contribution in [0.3, 0.4) is 0 Å². The van der Waals surface area contributed by atoms with Gasteiger partial charge in [0.2, 0.25) is 5.91 Å². The van der Waals surface area contributed by atoms with Crippen LogP contribution in [0.1, 0.15) is 44.9 Å². The number of aliphatic hydroxyl groups is 1. The van der Waals surface area contributed by atoms with E-state index in [2.05, 4.69) is 10.6 Å². The van der Waals surface area contributed by atoms with Gasteiger partial charge in [0.15, 0.2) is 0 Å². The zero-order valence-electron chi connectivity index (χ0n) is 14.5. The predicted octanol–water partition coefficient (Wildman–Crippen LogP) is 2.18. The smallest absolute Gasteiger partial charge is 0.315 e. The molecule has 1 aliphatic heterocycles. The Morgan fingerprint density at radius 3 is 2.52 bits per heavy atom. The second-order valence-electron chi connectivity index (χ2n) is 7.13. The lowest BCUT2D eigenvalue weighted by molar-refractivity contribution is -0.118. The van der Waals surface area contributed by atoms with Crippen LogP contribution in [-0.2, 0) is 4.79 Å². The third kappa shape index (κ3) is 4.51. The molecule has 0 spiro atoms. The van der Waals surface area contributed by atoms with Crippen molar-refractivity contribution >= 4 is 17.6 Å². The molecule has 0 radical (unpaired) electrons. The molecule has 2 aliphatic rings. The van der Waals surface area contributed by atoms with Crippen molar-refractivity contribution < 1.29 is 14.7 Å². The molecule has 6 heteroatoms. The molecule has 136 valence electrons. The number of rotatable bonds is 4. The maximum absolute atomic E-state index is 12.5. The predicted molar refractivity (Wildman–Crippen MR) is 96.4 cm³/mol. The van der Waals surface area contributed by atoms with Gasteiger partial charge in [-0.3, -0.25) is 4.79 Å². The number of hydrogen-bond donors (Lipinski definition) is 3.